The highest BCUT2D eigenvalue weighted by molar-refractivity contribution is 9.10. The van der Waals surface area contributed by atoms with Crippen molar-refractivity contribution in [1.82, 2.24) is 4.98 Å². The van der Waals surface area contributed by atoms with E-state index in [2.05, 4.69) is 26.2 Å². The molecular formula is C18H19BrClN3O2. The predicted molar refractivity (Wildman–Crippen MR) is 102 cm³/mol. The Morgan fingerprint density at radius 2 is 2.28 bits per heavy atom. The van der Waals surface area contributed by atoms with E-state index in [4.69, 9.17) is 26.2 Å². The minimum Gasteiger partial charge on any atom is -0.467 e. The molecule has 0 saturated heterocycles. The molecule has 0 bridgehead atoms. The Labute approximate surface area is 159 Å². The third-order valence-corrected chi connectivity index (χ3v) is 5.44. The molecule has 0 aliphatic heterocycles. The highest BCUT2D eigenvalue weighted by Gasteiger charge is 2.26. The molecule has 3 aromatic rings. The van der Waals surface area contributed by atoms with E-state index < -0.39 is 0 Å². The lowest BCUT2D eigenvalue weighted by atomic mass is 10.1. The van der Waals surface area contributed by atoms with E-state index in [1.807, 2.05) is 12.1 Å². The zero-order valence-electron chi connectivity index (χ0n) is 13.6. The number of anilines is 1. The average molecular weight is 425 g/mol. The van der Waals surface area contributed by atoms with Crippen molar-refractivity contribution in [3.8, 4) is 0 Å². The fraction of sp³-hybridized carbons (Fsp3) is 0.389. The first-order valence-electron chi connectivity index (χ1n) is 8.39. The zero-order valence-corrected chi connectivity index (χ0v) is 15.9. The maximum absolute atomic E-state index is 6.27. The number of nitrogens with zero attached hydrogens (tertiary/aromatic N) is 1. The maximum atomic E-state index is 6.27. The number of aromatic nitrogens is 1. The third-order valence-electron chi connectivity index (χ3n) is 4.43. The summed E-state index contributed by atoms with van der Waals surface area (Å²) in [5.41, 5.74) is 8.45. The van der Waals surface area contributed by atoms with Gasteiger partial charge in [0.15, 0.2) is 5.58 Å². The van der Waals surface area contributed by atoms with Gasteiger partial charge in [-0.2, -0.15) is 0 Å². The lowest BCUT2D eigenvalue weighted by Gasteiger charge is -2.08. The standard InChI is InChI=1S/C18H19BrClN3O2/c19-16-14(7-11(21)6-10-3-4-10)25-18-13(8-15(20)23-17(16)18)22-9-12-2-1-5-24-12/h1-2,5,8,10-11H,3-4,6-7,9,21H2,(H,22,23)/t11-/m0/s1. The van der Waals surface area contributed by atoms with E-state index in [-0.39, 0.29) is 6.04 Å². The zero-order chi connectivity index (χ0) is 17.4. The Hall–Kier alpha value is -1.50. The van der Waals surface area contributed by atoms with Crippen LogP contribution in [-0.4, -0.2) is 11.0 Å². The molecule has 3 aromatic heterocycles. The summed E-state index contributed by atoms with van der Waals surface area (Å²) in [7, 11) is 0. The Morgan fingerprint density at radius 3 is 3.00 bits per heavy atom. The van der Waals surface area contributed by atoms with Gasteiger partial charge in [0.1, 0.15) is 22.2 Å². The molecule has 1 saturated carbocycles. The van der Waals surface area contributed by atoms with Gasteiger partial charge in [0.05, 0.1) is 23.0 Å². The number of pyridine rings is 1. The van der Waals surface area contributed by atoms with E-state index in [0.29, 0.717) is 29.2 Å². The second-order valence-electron chi connectivity index (χ2n) is 6.59. The summed E-state index contributed by atoms with van der Waals surface area (Å²) in [6, 6.07) is 5.62. The second-order valence-corrected chi connectivity index (χ2v) is 7.77. The van der Waals surface area contributed by atoms with Crippen LogP contribution >= 0.6 is 27.5 Å². The molecule has 132 valence electrons. The molecule has 1 fully saturated rings. The smallest absolute Gasteiger partial charge is 0.177 e. The molecular weight excluding hydrogens is 406 g/mol. The van der Waals surface area contributed by atoms with E-state index in [1.165, 1.54) is 12.8 Å². The summed E-state index contributed by atoms with van der Waals surface area (Å²) in [6.45, 7) is 0.539. The minimum absolute atomic E-state index is 0.0966. The van der Waals surface area contributed by atoms with E-state index in [9.17, 15) is 0 Å². The summed E-state index contributed by atoms with van der Waals surface area (Å²) in [6.07, 6.45) is 5.97. The summed E-state index contributed by atoms with van der Waals surface area (Å²) < 4.78 is 12.3. The van der Waals surface area contributed by atoms with Crippen LogP contribution in [0.25, 0.3) is 11.1 Å². The summed E-state index contributed by atoms with van der Waals surface area (Å²) in [5, 5.41) is 3.71. The van der Waals surface area contributed by atoms with Crippen LogP contribution in [0.15, 0.2) is 37.8 Å². The molecule has 1 aliphatic rings. The predicted octanol–water partition coefficient (Wildman–Crippen LogP) is 5.12. The highest BCUT2D eigenvalue weighted by atomic mass is 79.9. The van der Waals surface area contributed by atoms with Crippen LogP contribution in [-0.2, 0) is 13.0 Å². The first-order valence-corrected chi connectivity index (χ1v) is 9.56. The third kappa shape index (κ3) is 3.86. The van der Waals surface area contributed by atoms with Gasteiger partial charge < -0.3 is 19.9 Å². The van der Waals surface area contributed by atoms with Crippen LogP contribution in [0.4, 0.5) is 5.69 Å². The van der Waals surface area contributed by atoms with E-state index >= 15 is 0 Å². The Bertz CT molecular complexity index is 874. The van der Waals surface area contributed by atoms with Crippen molar-refractivity contribution in [2.24, 2.45) is 11.7 Å². The number of rotatable bonds is 7. The Kier molecular flexibility index (Phi) is 4.75. The van der Waals surface area contributed by atoms with Crippen molar-refractivity contribution >= 4 is 44.3 Å². The number of halogens is 2. The minimum atomic E-state index is 0.0966. The van der Waals surface area contributed by atoms with Crippen LogP contribution in [0.3, 0.4) is 0 Å². The number of nitrogens with two attached hydrogens (primary N) is 1. The van der Waals surface area contributed by atoms with Gasteiger partial charge in [-0.15, -0.1) is 0 Å². The molecule has 0 amide bonds. The van der Waals surface area contributed by atoms with Crippen LogP contribution in [0, 0.1) is 5.92 Å². The van der Waals surface area contributed by atoms with Crippen molar-refractivity contribution in [2.45, 2.75) is 38.3 Å². The lowest BCUT2D eigenvalue weighted by molar-refractivity contribution is 0.484. The van der Waals surface area contributed by atoms with E-state index in [1.54, 1.807) is 12.3 Å². The van der Waals surface area contributed by atoms with Gasteiger partial charge >= 0.3 is 0 Å². The molecule has 3 N–H and O–H groups in total. The number of hydrogen-bond donors (Lipinski definition) is 2. The van der Waals surface area contributed by atoms with Crippen LogP contribution < -0.4 is 11.1 Å². The van der Waals surface area contributed by atoms with Gasteiger partial charge in [-0.25, -0.2) is 4.98 Å². The summed E-state index contributed by atoms with van der Waals surface area (Å²) in [5.74, 6) is 2.44. The molecule has 25 heavy (non-hydrogen) atoms. The van der Waals surface area contributed by atoms with Crippen molar-refractivity contribution in [3.05, 3.63) is 45.6 Å². The van der Waals surface area contributed by atoms with E-state index in [0.717, 1.165) is 34.0 Å². The topological polar surface area (TPSA) is 77.2 Å². The molecule has 7 heteroatoms. The maximum Gasteiger partial charge on any atom is 0.177 e. The van der Waals surface area contributed by atoms with Gasteiger partial charge in [-0.1, -0.05) is 24.4 Å². The number of fused-ring (bicyclic) bond motifs is 1. The SMILES string of the molecule is N[C@H](Cc1oc2c(NCc3ccco3)cc(Cl)nc2c1Br)CC1CC1. The van der Waals surface area contributed by atoms with Gasteiger partial charge in [0, 0.05) is 18.5 Å². The normalized spacial score (nSPS) is 15.6. The van der Waals surface area contributed by atoms with Crippen LogP contribution in [0.5, 0.6) is 0 Å². The van der Waals surface area contributed by atoms with Gasteiger partial charge in [-0.3, -0.25) is 0 Å². The largest absolute Gasteiger partial charge is 0.467 e. The van der Waals surface area contributed by atoms with Crippen LogP contribution in [0.2, 0.25) is 5.15 Å². The van der Waals surface area contributed by atoms with Gasteiger partial charge in [0.25, 0.3) is 0 Å². The lowest BCUT2D eigenvalue weighted by Crippen LogP contribution is -2.23. The second kappa shape index (κ2) is 7.02. The summed E-state index contributed by atoms with van der Waals surface area (Å²) in [4.78, 5) is 4.40. The van der Waals surface area contributed by atoms with Crippen molar-refractivity contribution in [3.63, 3.8) is 0 Å². The first-order chi connectivity index (χ1) is 12.1. The van der Waals surface area contributed by atoms with Crippen molar-refractivity contribution in [2.75, 3.05) is 5.32 Å². The fourth-order valence-electron chi connectivity index (χ4n) is 3.02. The van der Waals surface area contributed by atoms with Crippen molar-refractivity contribution < 1.29 is 8.83 Å². The monoisotopic (exact) mass is 423 g/mol. The molecule has 4 rings (SSSR count). The Morgan fingerprint density at radius 1 is 1.44 bits per heavy atom. The highest BCUT2D eigenvalue weighted by Crippen LogP contribution is 2.38. The molecule has 0 spiro atoms. The van der Waals surface area contributed by atoms with Crippen molar-refractivity contribution in [1.29, 1.82) is 0 Å². The Balaban J connectivity index is 1.60. The molecule has 0 aromatic carbocycles. The number of furan rings is 2. The summed E-state index contributed by atoms with van der Waals surface area (Å²) >= 11 is 9.79. The molecule has 5 nitrogen and oxygen atoms in total. The quantitative estimate of drug-likeness (QED) is 0.515. The van der Waals surface area contributed by atoms with Crippen LogP contribution in [0.1, 0.15) is 30.8 Å². The molecule has 0 unspecified atom stereocenters. The first kappa shape index (κ1) is 16.9. The fourth-order valence-corrected chi connectivity index (χ4v) is 3.72. The molecule has 1 atom stereocenters. The molecule has 1 aliphatic carbocycles. The average Bonchev–Trinajstić information content (AvgIpc) is 3.13. The van der Waals surface area contributed by atoms with Gasteiger partial charge in [-0.05, 0) is 40.4 Å². The molecule has 0 radical (unpaired) electrons. The van der Waals surface area contributed by atoms with Gasteiger partial charge in [0.2, 0.25) is 0 Å². The number of hydrogen-bond acceptors (Lipinski definition) is 5. The molecule has 3 heterocycles. The number of nitrogens with one attached hydrogen (secondary N) is 1.